The van der Waals surface area contributed by atoms with Crippen LogP contribution in [-0.2, 0) is 13.0 Å². The van der Waals surface area contributed by atoms with E-state index in [0.717, 1.165) is 39.1 Å². The Bertz CT molecular complexity index is 1680. The van der Waals surface area contributed by atoms with Gasteiger partial charge in [0, 0.05) is 29.0 Å². The number of rotatable bonds is 10. The van der Waals surface area contributed by atoms with Crippen molar-refractivity contribution in [2.24, 2.45) is 0 Å². The van der Waals surface area contributed by atoms with E-state index in [0.29, 0.717) is 34.9 Å². The highest BCUT2D eigenvalue weighted by molar-refractivity contribution is 5.98. The summed E-state index contributed by atoms with van der Waals surface area (Å²) < 4.78 is 17.8. The van der Waals surface area contributed by atoms with Gasteiger partial charge in [0.1, 0.15) is 22.9 Å². The highest BCUT2D eigenvalue weighted by Gasteiger charge is 2.18. The third-order valence-electron chi connectivity index (χ3n) is 7.13. The predicted octanol–water partition coefficient (Wildman–Crippen LogP) is 5.96. The summed E-state index contributed by atoms with van der Waals surface area (Å²) in [5.41, 5.74) is 6.41. The van der Waals surface area contributed by atoms with Crippen LogP contribution in [-0.4, -0.2) is 47.0 Å². The molecule has 0 saturated heterocycles. The van der Waals surface area contributed by atoms with Crippen LogP contribution in [0.4, 0.5) is 0 Å². The topological polar surface area (TPSA) is 95.7 Å². The molecule has 0 amide bonds. The smallest absolute Gasteiger partial charge is 0.167 e. The van der Waals surface area contributed by atoms with Gasteiger partial charge < -0.3 is 19.3 Å². The number of carbonyl (C=O) groups is 1. The molecule has 41 heavy (non-hydrogen) atoms. The van der Waals surface area contributed by atoms with Crippen LogP contribution >= 0.6 is 0 Å². The van der Waals surface area contributed by atoms with Crippen LogP contribution in [0.2, 0.25) is 0 Å². The van der Waals surface area contributed by atoms with Gasteiger partial charge in [0.2, 0.25) is 0 Å². The number of nitrogens with zero attached hydrogens (tertiary/aromatic N) is 3. The summed E-state index contributed by atoms with van der Waals surface area (Å²) in [5.74, 6) is 1.87. The SMILES string of the molecule is COc1ccc(Cn2nc(C(C)O)c3ccc(-c4cc(CC(=O)c5cc(OC)cc(OC)c5)ccc4C)nc32)cc1. The minimum atomic E-state index is -0.742. The number of pyridine rings is 1. The van der Waals surface area contributed by atoms with Gasteiger partial charge in [-0.25, -0.2) is 9.67 Å². The summed E-state index contributed by atoms with van der Waals surface area (Å²) in [6.45, 7) is 4.22. The number of aliphatic hydroxyl groups excluding tert-OH is 1. The van der Waals surface area contributed by atoms with Gasteiger partial charge in [-0.05, 0) is 73.0 Å². The van der Waals surface area contributed by atoms with E-state index in [9.17, 15) is 9.90 Å². The molecule has 5 aromatic rings. The molecule has 1 atom stereocenters. The van der Waals surface area contributed by atoms with Crippen molar-refractivity contribution in [1.82, 2.24) is 14.8 Å². The number of Topliss-reactive ketones (excluding diaryl/α,β-unsaturated/α-hetero) is 1. The molecule has 8 heteroatoms. The normalized spacial score (nSPS) is 11.9. The molecule has 3 aromatic carbocycles. The lowest BCUT2D eigenvalue weighted by Crippen LogP contribution is -2.05. The van der Waals surface area contributed by atoms with E-state index in [-0.39, 0.29) is 12.2 Å². The third kappa shape index (κ3) is 5.93. The van der Waals surface area contributed by atoms with Gasteiger partial charge in [0.15, 0.2) is 11.4 Å². The van der Waals surface area contributed by atoms with Crippen molar-refractivity contribution < 1.29 is 24.1 Å². The first-order valence-electron chi connectivity index (χ1n) is 13.3. The lowest BCUT2D eigenvalue weighted by atomic mass is 9.97. The summed E-state index contributed by atoms with van der Waals surface area (Å²) >= 11 is 0. The van der Waals surface area contributed by atoms with Gasteiger partial charge in [0.05, 0.1) is 39.7 Å². The summed E-state index contributed by atoms with van der Waals surface area (Å²) in [6, 6.07) is 22.9. The van der Waals surface area contributed by atoms with Crippen LogP contribution in [0.15, 0.2) is 72.8 Å². The van der Waals surface area contributed by atoms with Crippen LogP contribution in [0.3, 0.4) is 0 Å². The molecule has 0 aliphatic rings. The number of benzene rings is 3. The monoisotopic (exact) mass is 551 g/mol. The molecule has 5 rings (SSSR count). The second-order valence-corrected chi connectivity index (χ2v) is 9.99. The molecular formula is C33H33N3O5. The number of methoxy groups -OCH3 is 3. The van der Waals surface area contributed by atoms with Crippen molar-refractivity contribution in [2.45, 2.75) is 32.9 Å². The highest BCUT2D eigenvalue weighted by Crippen LogP contribution is 2.30. The average Bonchev–Trinajstić information content (AvgIpc) is 3.35. The summed E-state index contributed by atoms with van der Waals surface area (Å²) in [6.07, 6.45) is -0.526. The molecule has 0 aliphatic heterocycles. The van der Waals surface area contributed by atoms with E-state index in [2.05, 4.69) is 0 Å². The highest BCUT2D eigenvalue weighted by atomic mass is 16.5. The number of ketones is 1. The van der Waals surface area contributed by atoms with Crippen LogP contribution in [0.5, 0.6) is 17.2 Å². The third-order valence-corrected chi connectivity index (χ3v) is 7.13. The summed E-state index contributed by atoms with van der Waals surface area (Å²) in [4.78, 5) is 18.2. The van der Waals surface area contributed by atoms with E-state index in [1.807, 2.05) is 66.2 Å². The predicted molar refractivity (Wildman–Crippen MR) is 158 cm³/mol. The van der Waals surface area contributed by atoms with Crippen molar-refractivity contribution in [2.75, 3.05) is 21.3 Å². The van der Waals surface area contributed by atoms with Crippen molar-refractivity contribution in [3.05, 3.63) is 101 Å². The van der Waals surface area contributed by atoms with Gasteiger partial charge in [-0.3, -0.25) is 4.79 Å². The fourth-order valence-corrected chi connectivity index (χ4v) is 4.86. The number of hydrogen-bond donors (Lipinski definition) is 1. The Balaban J connectivity index is 1.49. The number of aliphatic hydroxyl groups is 1. The number of aryl methyl sites for hydroxylation is 1. The van der Waals surface area contributed by atoms with E-state index in [1.54, 1.807) is 46.5 Å². The molecular weight excluding hydrogens is 518 g/mol. The van der Waals surface area contributed by atoms with Crippen molar-refractivity contribution in [3.63, 3.8) is 0 Å². The molecule has 0 saturated carbocycles. The van der Waals surface area contributed by atoms with E-state index in [4.69, 9.17) is 24.3 Å². The van der Waals surface area contributed by atoms with Gasteiger partial charge in [-0.1, -0.05) is 24.3 Å². The molecule has 2 aromatic heterocycles. The Morgan fingerprint density at radius 2 is 1.51 bits per heavy atom. The maximum atomic E-state index is 13.2. The number of carbonyl (C=O) groups excluding carboxylic acids is 1. The van der Waals surface area contributed by atoms with E-state index < -0.39 is 6.10 Å². The van der Waals surface area contributed by atoms with Gasteiger partial charge in [0.25, 0.3) is 0 Å². The van der Waals surface area contributed by atoms with E-state index >= 15 is 0 Å². The Labute approximate surface area is 239 Å². The second kappa shape index (κ2) is 11.8. The van der Waals surface area contributed by atoms with Crippen molar-refractivity contribution in [3.8, 4) is 28.5 Å². The van der Waals surface area contributed by atoms with Gasteiger partial charge >= 0.3 is 0 Å². The molecule has 210 valence electrons. The minimum Gasteiger partial charge on any atom is -0.497 e. The number of aromatic nitrogens is 3. The zero-order valence-electron chi connectivity index (χ0n) is 23.8. The molecule has 0 bridgehead atoms. The van der Waals surface area contributed by atoms with Crippen LogP contribution < -0.4 is 14.2 Å². The van der Waals surface area contributed by atoms with E-state index in [1.165, 1.54) is 0 Å². The molecule has 1 unspecified atom stereocenters. The first-order valence-corrected chi connectivity index (χ1v) is 13.3. The molecule has 1 N–H and O–H groups in total. The van der Waals surface area contributed by atoms with Gasteiger partial charge in [-0.15, -0.1) is 0 Å². The Kier molecular flexibility index (Phi) is 8.03. The van der Waals surface area contributed by atoms with Crippen molar-refractivity contribution in [1.29, 1.82) is 0 Å². The second-order valence-electron chi connectivity index (χ2n) is 9.99. The zero-order chi connectivity index (χ0) is 29.1. The lowest BCUT2D eigenvalue weighted by molar-refractivity contribution is 0.0992. The van der Waals surface area contributed by atoms with Gasteiger partial charge in [-0.2, -0.15) is 5.10 Å². The van der Waals surface area contributed by atoms with Crippen LogP contribution in [0.25, 0.3) is 22.3 Å². The first-order chi connectivity index (χ1) is 19.8. The molecule has 0 radical (unpaired) electrons. The Hall–Kier alpha value is -4.69. The Morgan fingerprint density at radius 1 is 0.854 bits per heavy atom. The number of fused-ring (bicyclic) bond motifs is 1. The number of hydrogen-bond acceptors (Lipinski definition) is 7. The fourth-order valence-electron chi connectivity index (χ4n) is 4.86. The lowest BCUT2D eigenvalue weighted by Gasteiger charge is -2.11. The maximum Gasteiger partial charge on any atom is 0.167 e. The number of ether oxygens (including phenoxy) is 3. The van der Waals surface area contributed by atoms with Crippen LogP contribution in [0.1, 0.15) is 45.8 Å². The average molecular weight is 552 g/mol. The molecule has 0 spiro atoms. The fraction of sp³-hybridized carbons (Fsp3) is 0.242. The first kappa shape index (κ1) is 27.9. The van der Waals surface area contributed by atoms with Crippen molar-refractivity contribution >= 4 is 16.8 Å². The maximum absolute atomic E-state index is 13.2. The Morgan fingerprint density at radius 3 is 2.15 bits per heavy atom. The zero-order valence-corrected chi connectivity index (χ0v) is 23.8. The molecule has 8 nitrogen and oxygen atoms in total. The quantitative estimate of drug-likeness (QED) is 0.214. The molecule has 2 heterocycles. The minimum absolute atomic E-state index is 0.0421. The standard InChI is InChI=1S/C33H33N3O5/c1-20-6-7-23(15-31(38)24-16-26(40-4)18-27(17-24)41-5)14-29(20)30-13-12-28-32(21(2)37)35-36(33(28)34-30)19-22-8-10-25(39-3)11-9-22/h6-14,16-18,21,37H,15,19H2,1-5H3. The largest absolute Gasteiger partial charge is 0.497 e. The molecule has 0 aliphatic carbocycles. The summed E-state index contributed by atoms with van der Waals surface area (Å²) in [7, 11) is 4.76. The van der Waals surface area contributed by atoms with Crippen LogP contribution in [0, 0.1) is 6.92 Å². The molecule has 0 fully saturated rings. The summed E-state index contributed by atoms with van der Waals surface area (Å²) in [5, 5.41) is 15.9.